The fourth-order valence-corrected chi connectivity index (χ4v) is 4.07. The van der Waals surface area contributed by atoms with Crippen LogP contribution < -0.4 is 9.47 Å². The van der Waals surface area contributed by atoms with Gasteiger partial charge in [-0.2, -0.15) is 0 Å². The highest BCUT2D eigenvalue weighted by Crippen LogP contribution is 2.36. The Labute approximate surface area is 168 Å². The molecule has 1 N–H and O–H groups in total. The van der Waals surface area contributed by atoms with Gasteiger partial charge in [0.1, 0.15) is 10.4 Å². The van der Waals surface area contributed by atoms with E-state index in [2.05, 4.69) is 0 Å². The molecular weight excluding hydrogens is 386 g/mol. The molecule has 8 heteroatoms. The molecule has 2 rings (SSSR count). The number of hydrogen-bond acceptors (Lipinski definition) is 6. The fourth-order valence-electron chi connectivity index (χ4n) is 2.71. The highest BCUT2D eigenvalue weighted by atomic mass is 32.2. The zero-order valence-corrected chi connectivity index (χ0v) is 17.2. The molecule has 0 saturated carbocycles. The quantitative estimate of drug-likeness (QED) is 0.489. The predicted octanol–water partition coefficient (Wildman–Crippen LogP) is 3.94. The van der Waals surface area contributed by atoms with Crippen LogP contribution in [0.2, 0.25) is 0 Å². The Kier molecular flexibility index (Phi) is 7.67. The lowest BCUT2D eigenvalue weighted by molar-refractivity contribution is -0.145. The van der Waals surface area contributed by atoms with Gasteiger partial charge < -0.3 is 14.6 Å². The zero-order valence-electron chi connectivity index (χ0n) is 15.6. The Hall–Kier alpha value is -2.06. The molecule has 1 aromatic carbocycles. The summed E-state index contributed by atoms with van der Waals surface area (Å²) in [7, 11) is 1.55. The van der Waals surface area contributed by atoms with Crippen LogP contribution in [0, 0.1) is 0 Å². The molecule has 0 bridgehead atoms. The van der Waals surface area contributed by atoms with E-state index >= 15 is 0 Å². The summed E-state index contributed by atoms with van der Waals surface area (Å²) in [4.78, 5) is 26.0. The number of carbonyl (C=O) groups excluding carboxylic acids is 1. The molecule has 1 aromatic rings. The van der Waals surface area contributed by atoms with E-state index in [1.54, 1.807) is 25.3 Å². The molecule has 0 unspecified atom stereocenters. The molecule has 1 amide bonds. The number of ether oxygens (including phenoxy) is 2. The Morgan fingerprint density at radius 1 is 1.37 bits per heavy atom. The van der Waals surface area contributed by atoms with Crippen molar-refractivity contribution in [3.63, 3.8) is 0 Å². The van der Waals surface area contributed by atoms with Crippen LogP contribution in [0.3, 0.4) is 0 Å². The van der Waals surface area contributed by atoms with Gasteiger partial charge in [0.15, 0.2) is 11.5 Å². The Morgan fingerprint density at radius 3 is 2.70 bits per heavy atom. The van der Waals surface area contributed by atoms with Crippen LogP contribution in [0.15, 0.2) is 23.1 Å². The maximum atomic E-state index is 12.8. The molecular formula is C19H23NO5S2. The number of amides is 1. The van der Waals surface area contributed by atoms with Gasteiger partial charge in [0.2, 0.25) is 0 Å². The molecule has 0 spiro atoms. The summed E-state index contributed by atoms with van der Waals surface area (Å²) in [6.07, 6.45) is 3.63. The first-order valence-electron chi connectivity index (χ1n) is 8.73. The highest BCUT2D eigenvalue weighted by Gasteiger charge is 2.40. The van der Waals surface area contributed by atoms with Crippen LogP contribution in [0.25, 0.3) is 6.08 Å². The van der Waals surface area contributed by atoms with Crippen LogP contribution in [-0.2, 0) is 9.59 Å². The second kappa shape index (κ2) is 9.75. The summed E-state index contributed by atoms with van der Waals surface area (Å²) in [6.45, 7) is 4.38. The van der Waals surface area contributed by atoms with Crippen molar-refractivity contribution in [2.45, 2.75) is 39.2 Å². The number of carboxylic acids is 1. The van der Waals surface area contributed by atoms with Crippen LogP contribution in [0.4, 0.5) is 0 Å². The fraction of sp³-hybridized carbons (Fsp3) is 0.421. The van der Waals surface area contributed by atoms with Crippen molar-refractivity contribution in [3.8, 4) is 11.5 Å². The minimum atomic E-state index is -1.04. The van der Waals surface area contributed by atoms with E-state index in [-0.39, 0.29) is 10.2 Å². The number of nitrogens with zero attached hydrogens (tertiary/aromatic N) is 1. The largest absolute Gasteiger partial charge is 0.493 e. The summed E-state index contributed by atoms with van der Waals surface area (Å²) in [6, 6.07) is 4.42. The number of methoxy groups -OCH3 is 1. The van der Waals surface area contributed by atoms with E-state index < -0.39 is 12.0 Å². The Bertz CT molecular complexity index is 762. The van der Waals surface area contributed by atoms with Gasteiger partial charge in [-0.05, 0) is 37.1 Å². The van der Waals surface area contributed by atoms with E-state index in [0.717, 1.165) is 23.7 Å². The number of carbonyl (C=O) groups is 2. The lowest BCUT2D eigenvalue weighted by atomic mass is 10.1. The Balaban J connectivity index is 2.28. The molecule has 146 valence electrons. The summed E-state index contributed by atoms with van der Waals surface area (Å²) < 4.78 is 11.1. The first-order chi connectivity index (χ1) is 12.9. The van der Waals surface area contributed by atoms with E-state index in [4.69, 9.17) is 21.7 Å². The monoisotopic (exact) mass is 409 g/mol. The van der Waals surface area contributed by atoms with E-state index in [1.807, 2.05) is 19.9 Å². The van der Waals surface area contributed by atoms with Gasteiger partial charge in [-0.3, -0.25) is 9.69 Å². The van der Waals surface area contributed by atoms with Crippen molar-refractivity contribution in [1.29, 1.82) is 0 Å². The third-order valence-electron chi connectivity index (χ3n) is 4.04. The first-order valence-corrected chi connectivity index (χ1v) is 9.96. The van der Waals surface area contributed by atoms with Crippen molar-refractivity contribution in [1.82, 2.24) is 4.90 Å². The SMILES string of the molecule is CCCC[C@@H](C(=O)O)N1C(=O)/C(=C/c2ccc(OCC)c(OC)c2)SC1=S. The van der Waals surface area contributed by atoms with Crippen molar-refractivity contribution < 1.29 is 24.2 Å². The molecule has 27 heavy (non-hydrogen) atoms. The normalized spacial score (nSPS) is 16.7. The van der Waals surface area contributed by atoms with Crippen LogP contribution >= 0.6 is 24.0 Å². The van der Waals surface area contributed by atoms with Gasteiger partial charge in [-0.25, -0.2) is 4.79 Å². The predicted molar refractivity (Wildman–Crippen MR) is 110 cm³/mol. The van der Waals surface area contributed by atoms with Gasteiger partial charge in [0, 0.05) is 0 Å². The van der Waals surface area contributed by atoms with E-state index in [0.29, 0.717) is 35.9 Å². The summed E-state index contributed by atoms with van der Waals surface area (Å²) in [5, 5.41) is 9.51. The van der Waals surface area contributed by atoms with Gasteiger partial charge >= 0.3 is 5.97 Å². The lowest BCUT2D eigenvalue weighted by Gasteiger charge is -2.22. The van der Waals surface area contributed by atoms with Gasteiger partial charge in [0.05, 0.1) is 18.6 Å². The molecule has 1 saturated heterocycles. The number of aliphatic carboxylic acids is 1. The number of unbranched alkanes of at least 4 members (excludes halogenated alkanes) is 1. The van der Waals surface area contributed by atoms with Crippen molar-refractivity contribution in [3.05, 3.63) is 28.7 Å². The van der Waals surface area contributed by atoms with Gasteiger partial charge in [-0.15, -0.1) is 0 Å². The van der Waals surface area contributed by atoms with Crippen molar-refractivity contribution in [2.24, 2.45) is 0 Å². The molecule has 1 fully saturated rings. The highest BCUT2D eigenvalue weighted by molar-refractivity contribution is 8.26. The smallest absolute Gasteiger partial charge is 0.326 e. The number of carboxylic acid groups (broad SMARTS) is 1. The molecule has 1 aliphatic heterocycles. The first kappa shape index (κ1) is 21.2. The topological polar surface area (TPSA) is 76.1 Å². The number of hydrogen-bond donors (Lipinski definition) is 1. The summed E-state index contributed by atoms with van der Waals surface area (Å²) in [5.41, 5.74) is 0.747. The number of rotatable bonds is 9. The number of thiocarbonyl (C=S) groups is 1. The van der Waals surface area contributed by atoms with Crippen molar-refractivity contribution >= 4 is 46.3 Å². The minimum absolute atomic E-state index is 0.271. The third kappa shape index (κ3) is 5.01. The zero-order chi connectivity index (χ0) is 20.0. The van der Waals surface area contributed by atoms with Gasteiger partial charge in [0.25, 0.3) is 5.91 Å². The van der Waals surface area contributed by atoms with Crippen LogP contribution in [-0.4, -0.2) is 46.0 Å². The van der Waals surface area contributed by atoms with E-state index in [9.17, 15) is 14.7 Å². The van der Waals surface area contributed by atoms with E-state index in [1.165, 1.54) is 4.90 Å². The summed E-state index contributed by atoms with van der Waals surface area (Å²) in [5.74, 6) is -0.229. The molecule has 1 heterocycles. The van der Waals surface area contributed by atoms with Gasteiger partial charge in [-0.1, -0.05) is 49.8 Å². The molecule has 1 atom stereocenters. The molecule has 0 aliphatic carbocycles. The average molecular weight is 410 g/mol. The maximum absolute atomic E-state index is 12.8. The number of benzene rings is 1. The maximum Gasteiger partial charge on any atom is 0.326 e. The number of thioether (sulfide) groups is 1. The van der Waals surface area contributed by atoms with Crippen molar-refractivity contribution in [2.75, 3.05) is 13.7 Å². The third-order valence-corrected chi connectivity index (χ3v) is 5.37. The Morgan fingerprint density at radius 2 is 2.11 bits per heavy atom. The molecule has 6 nitrogen and oxygen atoms in total. The van der Waals surface area contributed by atoms with Crippen LogP contribution in [0.5, 0.6) is 11.5 Å². The molecule has 0 radical (unpaired) electrons. The second-order valence-corrected chi connectivity index (χ2v) is 7.57. The lowest BCUT2D eigenvalue weighted by Crippen LogP contribution is -2.43. The van der Waals surface area contributed by atoms with Crippen LogP contribution in [0.1, 0.15) is 38.7 Å². The standard InChI is InChI=1S/C19H23NO5S2/c1-4-6-7-13(18(22)23)20-17(21)16(27-19(20)26)11-12-8-9-14(25-5-2)15(10-12)24-3/h8-11,13H,4-7H2,1-3H3,(H,22,23)/b16-11-/t13-/m0/s1. The summed E-state index contributed by atoms with van der Waals surface area (Å²) >= 11 is 6.40. The minimum Gasteiger partial charge on any atom is -0.493 e. The second-order valence-electron chi connectivity index (χ2n) is 5.89. The average Bonchev–Trinajstić information content (AvgIpc) is 2.91. The molecule has 1 aliphatic rings. The molecule has 0 aromatic heterocycles.